The van der Waals surface area contributed by atoms with Gasteiger partial charge in [-0.3, -0.25) is 0 Å². The van der Waals surface area contributed by atoms with Crippen LogP contribution in [0, 0.1) is 12.8 Å². The molecule has 2 rings (SSSR count). The predicted octanol–water partition coefficient (Wildman–Crippen LogP) is 4.00. The molecule has 1 fully saturated rings. The van der Waals surface area contributed by atoms with Crippen molar-refractivity contribution in [3.05, 3.63) is 16.5 Å². The molecule has 0 aliphatic carbocycles. The first kappa shape index (κ1) is 16.3. The first-order valence-corrected chi connectivity index (χ1v) is 9.93. The largest absolute Gasteiger partial charge is 0.252 e. The van der Waals surface area contributed by atoms with Gasteiger partial charge in [-0.2, -0.15) is 4.31 Å². The molecule has 20 heavy (non-hydrogen) atoms. The summed E-state index contributed by atoms with van der Waals surface area (Å²) in [6, 6.07) is 1.76. The average molecular weight is 336 g/mol. The van der Waals surface area contributed by atoms with E-state index >= 15 is 0 Å². The van der Waals surface area contributed by atoms with E-state index in [-0.39, 0.29) is 0 Å². The van der Waals surface area contributed by atoms with Crippen molar-refractivity contribution in [2.24, 2.45) is 5.92 Å². The molecular weight excluding hydrogens is 314 g/mol. The Morgan fingerprint density at radius 3 is 2.55 bits per heavy atom. The van der Waals surface area contributed by atoms with E-state index in [1.54, 1.807) is 10.4 Å². The summed E-state index contributed by atoms with van der Waals surface area (Å²) in [5.41, 5.74) is 0.976. The SMILES string of the molecule is CCCC1CCN(S(=O)(=O)c2cc(C)c(CCl)s2)CC1. The standard InChI is InChI=1S/C14H22ClNO2S2/c1-3-4-12-5-7-16(8-6-12)20(17,18)14-9-11(2)13(10-15)19-14/h9,12H,3-8,10H2,1-2H3. The zero-order chi connectivity index (χ0) is 14.8. The Balaban J connectivity index is 2.11. The third-order valence-corrected chi connectivity index (χ3v) is 7.99. The molecule has 1 aromatic rings. The minimum Gasteiger partial charge on any atom is -0.206 e. The van der Waals surface area contributed by atoms with Crippen molar-refractivity contribution in [3.63, 3.8) is 0 Å². The Morgan fingerprint density at radius 1 is 1.40 bits per heavy atom. The molecule has 114 valence electrons. The summed E-state index contributed by atoms with van der Waals surface area (Å²) >= 11 is 7.15. The molecule has 0 atom stereocenters. The number of rotatable bonds is 5. The van der Waals surface area contributed by atoms with Crippen molar-refractivity contribution in [1.82, 2.24) is 4.31 Å². The number of piperidine rings is 1. The fourth-order valence-corrected chi connectivity index (χ4v) is 6.16. The summed E-state index contributed by atoms with van der Waals surface area (Å²) in [4.78, 5) is 0.950. The second-order valence-electron chi connectivity index (χ2n) is 5.44. The van der Waals surface area contributed by atoms with Gasteiger partial charge in [-0.15, -0.1) is 22.9 Å². The molecule has 0 aromatic carbocycles. The van der Waals surface area contributed by atoms with Crippen molar-refractivity contribution < 1.29 is 8.42 Å². The van der Waals surface area contributed by atoms with Crippen LogP contribution in [0.5, 0.6) is 0 Å². The number of alkyl halides is 1. The number of thiophene rings is 1. The van der Waals surface area contributed by atoms with Crippen molar-refractivity contribution in [1.29, 1.82) is 0 Å². The molecule has 1 saturated heterocycles. The summed E-state index contributed by atoms with van der Waals surface area (Å²) in [5.74, 6) is 1.07. The Bertz CT molecular complexity index is 546. The number of aryl methyl sites for hydroxylation is 1. The minimum atomic E-state index is -3.32. The molecule has 0 spiro atoms. The fraction of sp³-hybridized carbons (Fsp3) is 0.714. The van der Waals surface area contributed by atoms with E-state index in [1.165, 1.54) is 24.2 Å². The predicted molar refractivity (Wildman–Crippen MR) is 85.0 cm³/mol. The highest BCUT2D eigenvalue weighted by atomic mass is 35.5. The van der Waals surface area contributed by atoms with Crippen LogP contribution in [0.15, 0.2) is 10.3 Å². The van der Waals surface area contributed by atoms with Gasteiger partial charge < -0.3 is 0 Å². The van der Waals surface area contributed by atoms with Gasteiger partial charge in [-0.25, -0.2) is 8.42 Å². The van der Waals surface area contributed by atoms with Crippen LogP contribution in [0.4, 0.5) is 0 Å². The Kier molecular flexibility index (Phi) is 5.51. The second-order valence-corrected chi connectivity index (χ2v) is 9.01. The van der Waals surface area contributed by atoms with Crippen LogP contribution in [-0.4, -0.2) is 25.8 Å². The van der Waals surface area contributed by atoms with Gasteiger partial charge in [0.1, 0.15) is 4.21 Å². The number of hydrogen-bond acceptors (Lipinski definition) is 3. The van der Waals surface area contributed by atoms with Crippen LogP contribution in [0.3, 0.4) is 0 Å². The van der Waals surface area contributed by atoms with Crippen molar-refractivity contribution >= 4 is 33.0 Å². The van der Waals surface area contributed by atoms with Gasteiger partial charge >= 0.3 is 0 Å². The fourth-order valence-electron chi connectivity index (χ4n) is 2.72. The quantitative estimate of drug-likeness (QED) is 0.763. The maximum Gasteiger partial charge on any atom is 0.252 e. The summed E-state index contributed by atoms with van der Waals surface area (Å²) < 4.78 is 27.3. The van der Waals surface area contributed by atoms with E-state index in [9.17, 15) is 8.42 Å². The lowest BCUT2D eigenvalue weighted by Gasteiger charge is -2.30. The number of sulfonamides is 1. The van der Waals surface area contributed by atoms with Gasteiger partial charge in [0.05, 0.1) is 5.88 Å². The normalized spacial score (nSPS) is 18.6. The van der Waals surface area contributed by atoms with Gasteiger partial charge in [0.15, 0.2) is 0 Å². The molecule has 0 saturated carbocycles. The molecule has 1 aromatic heterocycles. The molecule has 0 radical (unpaired) electrons. The zero-order valence-corrected chi connectivity index (χ0v) is 14.5. The summed E-state index contributed by atoms with van der Waals surface area (Å²) in [5, 5.41) is 0. The zero-order valence-electron chi connectivity index (χ0n) is 12.1. The lowest BCUT2D eigenvalue weighted by molar-refractivity contribution is 0.263. The van der Waals surface area contributed by atoms with Crippen molar-refractivity contribution in [2.45, 2.75) is 49.6 Å². The highest BCUT2D eigenvalue weighted by Crippen LogP contribution is 2.32. The topological polar surface area (TPSA) is 37.4 Å². The highest BCUT2D eigenvalue weighted by Gasteiger charge is 2.30. The summed E-state index contributed by atoms with van der Waals surface area (Å²) in [7, 11) is -3.32. The van der Waals surface area contributed by atoms with E-state index in [1.807, 2.05) is 6.92 Å². The van der Waals surface area contributed by atoms with Gasteiger partial charge in [-0.1, -0.05) is 19.8 Å². The Morgan fingerprint density at radius 2 is 2.05 bits per heavy atom. The van der Waals surface area contributed by atoms with Gasteiger partial charge in [-0.05, 0) is 37.3 Å². The summed E-state index contributed by atoms with van der Waals surface area (Å²) in [6.07, 6.45) is 4.36. The molecule has 0 amide bonds. The van der Waals surface area contributed by atoms with Crippen LogP contribution < -0.4 is 0 Å². The third-order valence-electron chi connectivity index (χ3n) is 3.98. The van der Waals surface area contributed by atoms with Gasteiger partial charge in [0.25, 0.3) is 10.0 Å². The maximum atomic E-state index is 12.6. The minimum absolute atomic E-state index is 0.380. The van der Waals surface area contributed by atoms with Crippen LogP contribution in [0.2, 0.25) is 0 Å². The van der Waals surface area contributed by atoms with Crippen LogP contribution >= 0.6 is 22.9 Å². The van der Waals surface area contributed by atoms with Crippen molar-refractivity contribution in [2.75, 3.05) is 13.1 Å². The van der Waals surface area contributed by atoms with Crippen LogP contribution in [-0.2, 0) is 15.9 Å². The summed E-state index contributed by atoms with van der Waals surface area (Å²) in [6.45, 7) is 5.41. The van der Waals surface area contributed by atoms with Gasteiger partial charge in [0, 0.05) is 18.0 Å². The third kappa shape index (κ3) is 3.38. The first-order valence-electron chi connectivity index (χ1n) is 7.14. The molecule has 3 nitrogen and oxygen atoms in total. The van der Waals surface area contributed by atoms with E-state index in [4.69, 9.17) is 11.6 Å². The van der Waals surface area contributed by atoms with E-state index in [2.05, 4.69) is 6.92 Å². The molecule has 0 bridgehead atoms. The van der Waals surface area contributed by atoms with E-state index in [0.717, 1.165) is 23.3 Å². The van der Waals surface area contributed by atoms with E-state index < -0.39 is 10.0 Å². The molecule has 2 heterocycles. The number of nitrogens with zero attached hydrogens (tertiary/aromatic N) is 1. The monoisotopic (exact) mass is 335 g/mol. The Hall–Kier alpha value is -0.100. The van der Waals surface area contributed by atoms with Crippen molar-refractivity contribution in [3.8, 4) is 0 Å². The molecule has 1 aliphatic rings. The molecular formula is C14H22ClNO2S2. The van der Waals surface area contributed by atoms with Gasteiger partial charge in [0.2, 0.25) is 0 Å². The van der Waals surface area contributed by atoms with Crippen LogP contribution in [0.1, 0.15) is 43.0 Å². The smallest absolute Gasteiger partial charge is 0.206 e. The lowest BCUT2D eigenvalue weighted by atomic mass is 9.94. The number of hydrogen-bond donors (Lipinski definition) is 0. The molecule has 6 heteroatoms. The second kappa shape index (κ2) is 6.77. The highest BCUT2D eigenvalue weighted by molar-refractivity contribution is 7.91. The molecule has 1 aliphatic heterocycles. The molecule has 0 N–H and O–H groups in total. The maximum absolute atomic E-state index is 12.6. The number of halogens is 1. The molecule has 0 unspecified atom stereocenters. The Labute approximate surface area is 131 Å². The average Bonchev–Trinajstić information content (AvgIpc) is 2.82. The first-order chi connectivity index (χ1) is 9.48. The van der Waals surface area contributed by atoms with E-state index in [0.29, 0.717) is 29.1 Å². The van der Waals surface area contributed by atoms with Crippen LogP contribution in [0.25, 0.3) is 0 Å². The lowest BCUT2D eigenvalue weighted by Crippen LogP contribution is -2.38.